The quantitative estimate of drug-likeness (QED) is 0.768. The predicted molar refractivity (Wildman–Crippen MR) is 85.9 cm³/mol. The van der Waals surface area contributed by atoms with E-state index in [0.717, 1.165) is 0 Å². The number of piperazine rings is 1. The van der Waals surface area contributed by atoms with Gasteiger partial charge in [-0.3, -0.25) is 10.1 Å². The van der Waals surface area contributed by atoms with E-state index < -0.39 is 40.9 Å². The van der Waals surface area contributed by atoms with Crippen LogP contribution in [0.3, 0.4) is 0 Å². The van der Waals surface area contributed by atoms with Crippen LogP contribution < -0.4 is 5.32 Å². The minimum atomic E-state index is -3.56. The lowest BCUT2D eigenvalue weighted by Gasteiger charge is -2.35. The Bertz CT molecular complexity index is 693. The highest BCUT2D eigenvalue weighted by Crippen LogP contribution is 2.26. The number of carbonyl (C=O) groups is 1. The van der Waals surface area contributed by atoms with Crippen molar-refractivity contribution in [1.29, 1.82) is 0 Å². The van der Waals surface area contributed by atoms with Gasteiger partial charge in [-0.25, -0.2) is 17.2 Å². The van der Waals surface area contributed by atoms with Crippen molar-refractivity contribution in [2.24, 2.45) is 0 Å². The van der Waals surface area contributed by atoms with Crippen molar-refractivity contribution >= 4 is 28.3 Å². The first kappa shape index (κ1) is 20.0. The standard InChI is InChI=1S/C13H18F2N4O4S.ClH/c14-13(15)7-11(16-9-13)12(20)18-2-4-19(5-3-18)24(21,22)8-10-1-6-23-17-10;/h1,6,11,16H,2-5,7-9H2;1H. The maximum absolute atomic E-state index is 13.2. The fourth-order valence-electron chi connectivity index (χ4n) is 2.89. The Kier molecular flexibility index (Phi) is 6.02. The van der Waals surface area contributed by atoms with Gasteiger partial charge in [0.05, 0.1) is 18.3 Å². The number of carbonyl (C=O) groups excluding carboxylic acids is 1. The lowest BCUT2D eigenvalue weighted by Crippen LogP contribution is -2.54. The molecule has 3 rings (SSSR count). The smallest absolute Gasteiger partial charge is 0.262 e. The average molecular weight is 401 g/mol. The molecule has 0 aromatic carbocycles. The molecule has 0 radical (unpaired) electrons. The molecular weight excluding hydrogens is 382 g/mol. The van der Waals surface area contributed by atoms with Crippen LogP contribution in [0, 0.1) is 0 Å². The van der Waals surface area contributed by atoms with Gasteiger partial charge in [-0.15, -0.1) is 12.4 Å². The summed E-state index contributed by atoms with van der Waals surface area (Å²) in [6.45, 7) is 0.126. The molecule has 3 heterocycles. The van der Waals surface area contributed by atoms with E-state index in [0.29, 0.717) is 5.69 Å². The Morgan fingerprint density at radius 3 is 2.56 bits per heavy atom. The molecule has 12 heteroatoms. The van der Waals surface area contributed by atoms with Crippen LogP contribution >= 0.6 is 12.4 Å². The normalized spacial score (nSPS) is 24.1. The van der Waals surface area contributed by atoms with Gasteiger partial charge >= 0.3 is 0 Å². The molecule has 142 valence electrons. The number of nitrogens with zero attached hydrogens (tertiary/aromatic N) is 3. The van der Waals surface area contributed by atoms with Crippen molar-refractivity contribution in [3.8, 4) is 0 Å². The average Bonchev–Trinajstić information content (AvgIpc) is 3.15. The summed E-state index contributed by atoms with van der Waals surface area (Å²) >= 11 is 0. The summed E-state index contributed by atoms with van der Waals surface area (Å²) in [6, 6.07) is 0.571. The second kappa shape index (κ2) is 7.52. The number of aromatic nitrogens is 1. The molecule has 0 bridgehead atoms. The molecule has 2 aliphatic rings. The van der Waals surface area contributed by atoms with Crippen LogP contribution in [-0.2, 0) is 20.6 Å². The van der Waals surface area contributed by atoms with Gasteiger partial charge in [0.1, 0.15) is 12.0 Å². The molecular formula is C13H19ClF2N4O4S. The number of amides is 1. The lowest BCUT2D eigenvalue weighted by molar-refractivity contribution is -0.134. The Morgan fingerprint density at radius 2 is 2.04 bits per heavy atom. The molecule has 1 atom stereocenters. The first-order valence-electron chi connectivity index (χ1n) is 7.54. The Labute approximate surface area is 150 Å². The second-order valence-electron chi connectivity index (χ2n) is 5.96. The van der Waals surface area contributed by atoms with Gasteiger partial charge in [-0.2, -0.15) is 4.31 Å². The van der Waals surface area contributed by atoms with Crippen LogP contribution in [0.1, 0.15) is 12.1 Å². The number of alkyl halides is 2. The number of halogens is 3. The van der Waals surface area contributed by atoms with Crippen LogP contribution in [-0.4, -0.2) is 73.4 Å². The molecule has 2 aliphatic heterocycles. The highest BCUT2D eigenvalue weighted by Gasteiger charge is 2.44. The number of hydrogen-bond donors (Lipinski definition) is 1. The monoisotopic (exact) mass is 400 g/mol. The Hall–Kier alpha value is -1.30. The summed E-state index contributed by atoms with van der Waals surface area (Å²) in [5.41, 5.74) is 0.311. The van der Waals surface area contributed by atoms with Gasteiger partial charge in [0.25, 0.3) is 5.92 Å². The molecule has 25 heavy (non-hydrogen) atoms. The van der Waals surface area contributed by atoms with E-state index in [-0.39, 0.29) is 44.3 Å². The minimum absolute atomic E-state index is 0. The summed E-state index contributed by atoms with van der Waals surface area (Å²) in [6.07, 6.45) is 0.780. The zero-order valence-corrected chi connectivity index (χ0v) is 14.9. The van der Waals surface area contributed by atoms with Gasteiger partial charge in [-0.1, -0.05) is 5.16 Å². The summed E-state index contributed by atoms with van der Waals surface area (Å²) < 4.78 is 56.9. The van der Waals surface area contributed by atoms with E-state index in [2.05, 4.69) is 15.0 Å². The number of hydrogen-bond acceptors (Lipinski definition) is 6. The van der Waals surface area contributed by atoms with E-state index >= 15 is 0 Å². The molecule has 1 aromatic rings. The number of rotatable bonds is 4. The van der Waals surface area contributed by atoms with Crippen molar-refractivity contribution in [1.82, 2.24) is 19.7 Å². The summed E-state index contributed by atoms with van der Waals surface area (Å²) in [4.78, 5) is 13.7. The molecule has 1 N–H and O–H groups in total. The van der Waals surface area contributed by atoms with E-state index in [9.17, 15) is 22.0 Å². The van der Waals surface area contributed by atoms with Crippen LogP contribution in [0.4, 0.5) is 8.78 Å². The third-order valence-electron chi connectivity index (χ3n) is 4.17. The summed E-state index contributed by atoms with van der Waals surface area (Å²) in [5, 5.41) is 6.10. The van der Waals surface area contributed by atoms with Gasteiger partial charge < -0.3 is 9.42 Å². The van der Waals surface area contributed by atoms with Crippen molar-refractivity contribution in [3.63, 3.8) is 0 Å². The zero-order valence-electron chi connectivity index (χ0n) is 13.2. The molecule has 2 saturated heterocycles. The predicted octanol–water partition coefficient (Wildman–Crippen LogP) is 0.0676. The molecule has 1 unspecified atom stereocenters. The summed E-state index contributed by atoms with van der Waals surface area (Å²) in [7, 11) is -3.56. The van der Waals surface area contributed by atoms with E-state index in [1.54, 1.807) is 0 Å². The largest absolute Gasteiger partial charge is 0.364 e. The van der Waals surface area contributed by atoms with E-state index in [4.69, 9.17) is 0 Å². The van der Waals surface area contributed by atoms with Gasteiger partial charge in [0.15, 0.2) is 0 Å². The maximum atomic E-state index is 13.2. The van der Waals surface area contributed by atoms with Crippen LogP contribution in [0.25, 0.3) is 0 Å². The first-order chi connectivity index (χ1) is 11.3. The molecule has 0 spiro atoms. The van der Waals surface area contributed by atoms with Crippen molar-refractivity contribution in [2.75, 3.05) is 32.7 Å². The molecule has 2 fully saturated rings. The zero-order chi connectivity index (χ0) is 17.4. The third kappa shape index (κ3) is 4.66. The molecule has 1 aromatic heterocycles. The van der Waals surface area contributed by atoms with Crippen molar-refractivity contribution < 1.29 is 26.5 Å². The lowest BCUT2D eigenvalue weighted by atomic mass is 10.1. The Morgan fingerprint density at radius 1 is 1.36 bits per heavy atom. The molecule has 1 amide bonds. The molecule has 8 nitrogen and oxygen atoms in total. The van der Waals surface area contributed by atoms with Gasteiger partial charge in [0, 0.05) is 38.7 Å². The van der Waals surface area contributed by atoms with E-state index in [1.165, 1.54) is 21.5 Å². The highest BCUT2D eigenvalue weighted by atomic mass is 35.5. The molecule has 0 aliphatic carbocycles. The maximum Gasteiger partial charge on any atom is 0.262 e. The summed E-state index contributed by atoms with van der Waals surface area (Å²) in [5.74, 6) is -3.54. The topological polar surface area (TPSA) is 95.8 Å². The minimum Gasteiger partial charge on any atom is -0.364 e. The highest BCUT2D eigenvalue weighted by molar-refractivity contribution is 7.88. The van der Waals surface area contributed by atoms with Crippen molar-refractivity contribution in [2.45, 2.75) is 24.1 Å². The van der Waals surface area contributed by atoms with Crippen LogP contribution in [0.15, 0.2) is 16.9 Å². The fourth-order valence-corrected chi connectivity index (χ4v) is 4.31. The van der Waals surface area contributed by atoms with E-state index in [1.807, 2.05) is 0 Å². The third-order valence-corrected chi connectivity index (χ3v) is 5.99. The van der Waals surface area contributed by atoms with Crippen molar-refractivity contribution in [3.05, 3.63) is 18.0 Å². The Balaban J connectivity index is 0.00000225. The number of sulfonamides is 1. The van der Waals surface area contributed by atoms with Crippen LogP contribution in [0.5, 0.6) is 0 Å². The number of nitrogens with one attached hydrogen (secondary N) is 1. The first-order valence-corrected chi connectivity index (χ1v) is 9.15. The van der Waals surface area contributed by atoms with Crippen LogP contribution in [0.2, 0.25) is 0 Å². The SMILES string of the molecule is Cl.O=C(C1CC(F)(F)CN1)N1CCN(S(=O)(=O)Cc2ccon2)CC1. The van der Waals surface area contributed by atoms with Gasteiger partial charge in [-0.05, 0) is 0 Å². The fraction of sp³-hybridized carbons (Fsp3) is 0.692. The van der Waals surface area contributed by atoms with Gasteiger partial charge in [0.2, 0.25) is 15.9 Å². The molecule has 0 saturated carbocycles. The second-order valence-corrected chi connectivity index (χ2v) is 7.93.